The normalized spacial score (nSPS) is 19.0. The van der Waals surface area contributed by atoms with Gasteiger partial charge in [-0.3, -0.25) is 9.59 Å². The van der Waals surface area contributed by atoms with Gasteiger partial charge in [0.05, 0.1) is 11.6 Å². The van der Waals surface area contributed by atoms with Crippen molar-refractivity contribution >= 4 is 5.91 Å². The smallest absolute Gasteiger partial charge is 0.260 e. The monoisotopic (exact) mass is 425 g/mol. The van der Waals surface area contributed by atoms with Crippen molar-refractivity contribution in [3.05, 3.63) is 88.3 Å². The molecule has 2 unspecified atom stereocenters. The summed E-state index contributed by atoms with van der Waals surface area (Å²) in [6, 6.07) is 22.4. The second kappa shape index (κ2) is 8.35. The first-order valence-electron chi connectivity index (χ1n) is 10.8. The predicted octanol–water partition coefficient (Wildman–Crippen LogP) is 3.41. The lowest BCUT2D eigenvalue weighted by molar-refractivity contribution is -0.136. The van der Waals surface area contributed by atoms with Crippen molar-refractivity contribution < 1.29 is 9.53 Å². The molecule has 0 radical (unpaired) electrons. The summed E-state index contributed by atoms with van der Waals surface area (Å²) in [7, 11) is 0. The van der Waals surface area contributed by atoms with Crippen molar-refractivity contribution in [3.63, 3.8) is 0 Å². The molecule has 6 nitrogen and oxygen atoms in total. The van der Waals surface area contributed by atoms with Crippen LogP contribution in [0.1, 0.15) is 23.6 Å². The number of amides is 1. The molecule has 32 heavy (non-hydrogen) atoms. The molecule has 0 spiro atoms. The molecule has 6 heteroatoms. The van der Waals surface area contributed by atoms with Crippen molar-refractivity contribution in [2.24, 2.45) is 5.92 Å². The van der Waals surface area contributed by atoms with E-state index in [1.54, 1.807) is 12.1 Å². The molecule has 0 aliphatic carbocycles. The van der Waals surface area contributed by atoms with Gasteiger partial charge in [0, 0.05) is 42.9 Å². The van der Waals surface area contributed by atoms with Gasteiger partial charge in [-0.05, 0) is 48.2 Å². The molecule has 0 N–H and O–H groups in total. The molecule has 5 rings (SSSR count). The Morgan fingerprint density at radius 3 is 2.69 bits per heavy atom. The topological polar surface area (TPSA) is 75.3 Å². The van der Waals surface area contributed by atoms with Gasteiger partial charge < -0.3 is 14.2 Å². The lowest BCUT2D eigenvalue weighted by Gasteiger charge is -2.43. The van der Waals surface area contributed by atoms with E-state index >= 15 is 0 Å². The van der Waals surface area contributed by atoms with Crippen LogP contribution in [-0.4, -0.2) is 35.1 Å². The number of carbonyl (C=O) groups is 1. The Hall–Kier alpha value is -3.85. The Bertz CT molecular complexity index is 1260. The lowest BCUT2D eigenvalue weighted by Crippen LogP contribution is -2.50. The maximum absolute atomic E-state index is 12.9. The van der Waals surface area contributed by atoms with E-state index in [1.165, 1.54) is 0 Å². The molecule has 2 atom stereocenters. The van der Waals surface area contributed by atoms with E-state index in [0.717, 1.165) is 23.2 Å². The Kier molecular flexibility index (Phi) is 5.24. The largest absolute Gasteiger partial charge is 0.484 e. The summed E-state index contributed by atoms with van der Waals surface area (Å²) >= 11 is 0. The number of ether oxygens (including phenoxy) is 1. The summed E-state index contributed by atoms with van der Waals surface area (Å²) in [5.41, 5.74) is 3.41. The number of para-hydroxylation sites is 1. The molecular weight excluding hydrogens is 402 g/mol. The Balaban J connectivity index is 1.43. The molecule has 1 amide bonds. The molecule has 2 aliphatic heterocycles. The van der Waals surface area contributed by atoms with Crippen LogP contribution in [0, 0.1) is 17.2 Å². The Morgan fingerprint density at radius 2 is 1.88 bits per heavy atom. The lowest BCUT2D eigenvalue weighted by atomic mass is 9.80. The van der Waals surface area contributed by atoms with Gasteiger partial charge in [0.1, 0.15) is 5.75 Å². The molecule has 2 aromatic carbocycles. The Labute approximate surface area is 186 Å². The van der Waals surface area contributed by atoms with Crippen LogP contribution in [0.2, 0.25) is 0 Å². The fourth-order valence-corrected chi connectivity index (χ4v) is 4.97. The molecule has 1 aromatic heterocycles. The number of benzene rings is 2. The van der Waals surface area contributed by atoms with Crippen LogP contribution in [0.15, 0.2) is 71.5 Å². The van der Waals surface area contributed by atoms with Gasteiger partial charge in [0.25, 0.3) is 11.5 Å². The molecule has 2 aliphatic rings. The summed E-state index contributed by atoms with van der Waals surface area (Å²) in [4.78, 5) is 27.5. The van der Waals surface area contributed by atoms with Gasteiger partial charge in [-0.1, -0.05) is 30.3 Å². The number of fused-ring (bicyclic) bond motifs is 4. The zero-order chi connectivity index (χ0) is 22.1. The summed E-state index contributed by atoms with van der Waals surface area (Å²) in [5, 5.41) is 9.30. The van der Waals surface area contributed by atoms with Crippen LogP contribution in [0.5, 0.6) is 5.75 Å². The van der Waals surface area contributed by atoms with Gasteiger partial charge in [0.15, 0.2) is 6.61 Å². The minimum absolute atomic E-state index is 0.00210. The molecule has 160 valence electrons. The van der Waals surface area contributed by atoms with Crippen molar-refractivity contribution in [2.75, 3.05) is 19.7 Å². The summed E-state index contributed by atoms with van der Waals surface area (Å²) in [5.74, 6) is 0.941. The van der Waals surface area contributed by atoms with Crippen LogP contribution in [0.25, 0.3) is 11.1 Å². The first kappa shape index (κ1) is 20.1. The van der Waals surface area contributed by atoms with Crippen molar-refractivity contribution in [1.29, 1.82) is 5.26 Å². The molecule has 1 fully saturated rings. The molecule has 3 aromatic rings. The van der Waals surface area contributed by atoms with Crippen molar-refractivity contribution in [1.82, 2.24) is 9.47 Å². The van der Waals surface area contributed by atoms with Gasteiger partial charge >= 0.3 is 0 Å². The van der Waals surface area contributed by atoms with E-state index in [9.17, 15) is 14.9 Å². The van der Waals surface area contributed by atoms with E-state index in [4.69, 9.17) is 4.74 Å². The standard InChI is InChI=1S/C26H23N3O3/c27-13-18-5-4-6-20(11-18)23-9-10-24(30)29-15-19-12-21(26(23)29)16-28(14-19)25(31)17-32-22-7-2-1-3-8-22/h1-11,19,21H,12,14-17H2. The van der Waals surface area contributed by atoms with E-state index in [-0.39, 0.29) is 29.9 Å². The fraction of sp³-hybridized carbons (Fsp3) is 0.269. The number of pyridine rings is 1. The maximum atomic E-state index is 12.9. The van der Waals surface area contributed by atoms with Crippen LogP contribution < -0.4 is 10.3 Å². The third-order valence-corrected chi connectivity index (χ3v) is 6.35. The van der Waals surface area contributed by atoms with Gasteiger partial charge in [-0.15, -0.1) is 0 Å². The number of piperidine rings is 1. The Morgan fingerprint density at radius 1 is 1.03 bits per heavy atom. The molecule has 3 heterocycles. The molecule has 0 saturated carbocycles. The van der Waals surface area contributed by atoms with E-state index < -0.39 is 0 Å². The predicted molar refractivity (Wildman–Crippen MR) is 120 cm³/mol. The number of rotatable bonds is 4. The van der Waals surface area contributed by atoms with Gasteiger partial charge in [-0.2, -0.15) is 5.26 Å². The minimum Gasteiger partial charge on any atom is -0.484 e. The summed E-state index contributed by atoms with van der Waals surface area (Å²) in [6.07, 6.45) is 0.942. The average molecular weight is 425 g/mol. The number of hydrogen-bond donors (Lipinski definition) is 0. The number of carbonyl (C=O) groups excluding carboxylic acids is 1. The fourth-order valence-electron chi connectivity index (χ4n) is 4.97. The highest BCUT2D eigenvalue weighted by Gasteiger charge is 2.37. The highest BCUT2D eigenvalue weighted by molar-refractivity contribution is 5.78. The number of nitrogens with zero attached hydrogens (tertiary/aromatic N) is 3. The highest BCUT2D eigenvalue weighted by atomic mass is 16.5. The second-order valence-electron chi connectivity index (χ2n) is 8.47. The van der Waals surface area contributed by atoms with Crippen LogP contribution >= 0.6 is 0 Å². The maximum Gasteiger partial charge on any atom is 0.260 e. The molecule has 2 bridgehead atoms. The minimum atomic E-state index is -0.0386. The quantitative estimate of drug-likeness (QED) is 0.642. The van der Waals surface area contributed by atoms with E-state index in [2.05, 4.69) is 6.07 Å². The van der Waals surface area contributed by atoms with Crippen LogP contribution in [-0.2, 0) is 11.3 Å². The number of aromatic nitrogens is 1. The van der Waals surface area contributed by atoms with Crippen LogP contribution in [0.4, 0.5) is 0 Å². The number of likely N-dealkylation sites (tertiary alicyclic amines) is 1. The number of nitriles is 1. The highest BCUT2D eigenvalue weighted by Crippen LogP contribution is 2.40. The average Bonchev–Trinajstić information content (AvgIpc) is 2.83. The van der Waals surface area contributed by atoms with E-state index in [0.29, 0.717) is 30.9 Å². The van der Waals surface area contributed by atoms with Gasteiger partial charge in [0.2, 0.25) is 0 Å². The zero-order valence-corrected chi connectivity index (χ0v) is 17.6. The first-order chi connectivity index (χ1) is 15.6. The SMILES string of the molecule is N#Cc1cccc(-c2ccc(=O)n3c2C2CC(CN(C(=O)COc4ccccc4)C2)C3)c1. The number of hydrogen-bond acceptors (Lipinski definition) is 4. The van der Waals surface area contributed by atoms with Crippen LogP contribution in [0.3, 0.4) is 0 Å². The van der Waals surface area contributed by atoms with Gasteiger partial charge in [-0.25, -0.2) is 0 Å². The zero-order valence-electron chi connectivity index (χ0n) is 17.6. The van der Waals surface area contributed by atoms with E-state index in [1.807, 2.05) is 64.1 Å². The van der Waals surface area contributed by atoms with Crippen molar-refractivity contribution in [2.45, 2.75) is 18.9 Å². The summed E-state index contributed by atoms with van der Waals surface area (Å²) in [6.45, 7) is 1.79. The second-order valence-corrected chi connectivity index (χ2v) is 8.47. The third kappa shape index (κ3) is 3.78. The molecule has 1 saturated heterocycles. The third-order valence-electron chi connectivity index (χ3n) is 6.35. The molecular formula is C26H23N3O3. The van der Waals surface area contributed by atoms with Crippen molar-refractivity contribution in [3.8, 4) is 22.9 Å². The first-order valence-corrected chi connectivity index (χ1v) is 10.8. The summed E-state index contributed by atoms with van der Waals surface area (Å²) < 4.78 is 7.54.